The van der Waals surface area contributed by atoms with E-state index in [4.69, 9.17) is 37.0 Å². The van der Waals surface area contributed by atoms with Gasteiger partial charge in [0.1, 0.15) is 19.3 Å². The van der Waals surface area contributed by atoms with Gasteiger partial charge in [-0.25, -0.2) is 9.13 Å². The number of ether oxygens (including phenoxy) is 4. The Balaban J connectivity index is 5.22. The lowest BCUT2D eigenvalue weighted by Crippen LogP contribution is -2.30. The number of aliphatic hydroxyl groups is 1. The molecule has 0 aliphatic rings. The molecule has 0 aromatic carbocycles. The van der Waals surface area contributed by atoms with E-state index in [0.717, 1.165) is 95.8 Å². The van der Waals surface area contributed by atoms with Crippen molar-refractivity contribution in [3.8, 4) is 0 Å². The van der Waals surface area contributed by atoms with Crippen LogP contribution in [-0.2, 0) is 65.4 Å². The molecule has 0 aromatic heterocycles. The molecule has 0 aromatic rings. The average molecular weight is 1630 g/mol. The van der Waals surface area contributed by atoms with Crippen molar-refractivity contribution in [2.75, 3.05) is 39.6 Å². The first-order valence-corrected chi connectivity index (χ1v) is 51.1. The van der Waals surface area contributed by atoms with E-state index >= 15 is 0 Å². The van der Waals surface area contributed by atoms with Crippen molar-refractivity contribution in [3.05, 3.63) is 0 Å². The van der Waals surface area contributed by atoms with Gasteiger partial charge in [0.15, 0.2) is 12.2 Å². The van der Waals surface area contributed by atoms with Gasteiger partial charge in [-0.2, -0.15) is 0 Å². The van der Waals surface area contributed by atoms with Crippen LogP contribution in [0.3, 0.4) is 0 Å². The van der Waals surface area contributed by atoms with Crippen LogP contribution in [0.5, 0.6) is 0 Å². The lowest BCUT2D eigenvalue weighted by Gasteiger charge is -2.21. The first kappa shape index (κ1) is 110. The van der Waals surface area contributed by atoms with Crippen LogP contribution < -0.4 is 0 Å². The number of carbonyl (C=O) groups is 4. The number of phosphoric ester groups is 2. The highest BCUT2D eigenvalue weighted by Gasteiger charge is 2.31. The molecule has 3 N–H and O–H groups in total. The number of phosphoric acid groups is 2. The third kappa shape index (κ3) is 85.9. The van der Waals surface area contributed by atoms with Crippen LogP contribution in [0.1, 0.15) is 510 Å². The molecule has 0 fully saturated rings. The molecule has 0 saturated carbocycles. The zero-order chi connectivity index (χ0) is 81.8. The van der Waals surface area contributed by atoms with Crippen LogP contribution in [0.25, 0.3) is 0 Å². The van der Waals surface area contributed by atoms with Crippen molar-refractivity contribution in [1.29, 1.82) is 0 Å². The van der Waals surface area contributed by atoms with E-state index in [1.54, 1.807) is 0 Å². The second-order valence-electron chi connectivity index (χ2n) is 33.9. The zero-order valence-corrected chi connectivity index (χ0v) is 75.6. The van der Waals surface area contributed by atoms with E-state index in [1.165, 1.54) is 334 Å². The minimum Gasteiger partial charge on any atom is -0.462 e. The molecule has 0 aliphatic carbocycles. The molecule has 17 nitrogen and oxygen atoms in total. The van der Waals surface area contributed by atoms with Gasteiger partial charge in [-0.15, -0.1) is 0 Å². The second kappa shape index (κ2) is 85.5. The van der Waals surface area contributed by atoms with Crippen molar-refractivity contribution >= 4 is 39.5 Å². The quantitative estimate of drug-likeness (QED) is 0.0222. The van der Waals surface area contributed by atoms with E-state index in [1.807, 2.05) is 0 Å². The monoisotopic (exact) mass is 1630 g/mol. The fourth-order valence-corrected chi connectivity index (χ4v) is 16.3. The van der Waals surface area contributed by atoms with Crippen LogP contribution in [-0.4, -0.2) is 96.7 Å². The van der Waals surface area contributed by atoms with Gasteiger partial charge in [0.05, 0.1) is 26.4 Å². The number of esters is 4. The summed E-state index contributed by atoms with van der Waals surface area (Å²) < 4.78 is 69.1. The second-order valence-corrected chi connectivity index (χ2v) is 36.8. The maximum Gasteiger partial charge on any atom is 0.472 e. The minimum absolute atomic E-state index is 0.109. The van der Waals surface area contributed by atoms with Gasteiger partial charge >= 0.3 is 39.5 Å². The van der Waals surface area contributed by atoms with Gasteiger partial charge in [0.2, 0.25) is 0 Å². The third-order valence-corrected chi connectivity index (χ3v) is 23.9. The molecule has 666 valence electrons. The molecular formula is C93H182O17P2. The van der Waals surface area contributed by atoms with Gasteiger partial charge in [0, 0.05) is 25.7 Å². The lowest BCUT2D eigenvalue weighted by atomic mass is 10.0. The van der Waals surface area contributed by atoms with Gasteiger partial charge in [-0.05, 0) is 31.6 Å². The Labute approximate surface area is 689 Å². The molecule has 112 heavy (non-hydrogen) atoms. The number of hydrogen-bond donors (Lipinski definition) is 3. The largest absolute Gasteiger partial charge is 0.472 e. The van der Waals surface area contributed by atoms with Crippen molar-refractivity contribution in [2.24, 2.45) is 5.92 Å². The van der Waals surface area contributed by atoms with E-state index < -0.39 is 97.5 Å². The Kier molecular flexibility index (Phi) is 84.0. The highest BCUT2D eigenvalue weighted by atomic mass is 31.2. The Bertz CT molecular complexity index is 2120. The molecule has 0 aliphatic heterocycles. The van der Waals surface area contributed by atoms with Gasteiger partial charge in [-0.1, -0.05) is 458 Å². The SMILES string of the molecule is CCCCCCCCCCCCCCCCCCCCCCCCC(=O)O[C@H](COC(=O)CCCCCCCCCCCCCCCCCCCCCCC)COP(=O)(O)OC[C@@H](O)COP(=O)(O)OC[C@@H](COC(=O)CCCCCCCCCCC(C)C)OC(=O)CCCCCCCCCCCCCCCCCCCC. The normalized spacial score (nSPS) is 13.7. The predicted octanol–water partition coefficient (Wildman–Crippen LogP) is 29.1. The molecule has 0 heterocycles. The first-order chi connectivity index (χ1) is 54.5. The van der Waals surface area contributed by atoms with Crippen LogP contribution in [0.2, 0.25) is 0 Å². The summed E-state index contributed by atoms with van der Waals surface area (Å²) >= 11 is 0. The third-order valence-electron chi connectivity index (χ3n) is 22.0. The molecule has 5 atom stereocenters. The predicted molar refractivity (Wildman–Crippen MR) is 465 cm³/mol. The molecule has 0 radical (unpaired) electrons. The molecule has 0 bridgehead atoms. The average Bonchev–Trinajstić information content (AvgIpc) is 0.900. The van der Waals surface area contributed by atoms with Crippen LogP contribution in [0.4, 0.5) is 0 Å². The lowest BCUT2D eigenvalue weighted by molar-refractivity contribution is -0.161. The summed E-state index contributed by atoms with van der Waals surface area (Å²) in [6.45, 7) is 7.37. The Morgan fingerprint density at radius 1 is 0.241 bits per heavy atom. The summed E-state index contributed by atoms with van der Waals surface area (Å²) in [5.74, 6) is -1.37. The molecule has 19 heteroatoms. The summed E-state index contributed by atoms with van der Waals surface area (Å²) in [6, 6.07) is 0. The Morgan fingerprint density at radius 3 is 0.607 bits per heavy atom. The molecule has 0 saturated heterocycles. The van der Waals surface area contributed by atoms with E-state index in [-0.39, 0.29) is 25.7 Å². The zero-order valence-electron chi connectivity index (χ0n) is 73.8. The number of carbonyl (C=O) groups excluding carboxylic acids is 4. The molecule has 0 rings (SSSR count). The summed E-state index contributed by atoms with van der Waals surface area (Å²) in [6.07, 6.45) is 82.3. The standard InChI is InChI=1S/C93H182O17P2/c1-6-9-12-15-18-21-24-27-30-33-36-38-40-42-45-48-51-54-57-64-69-74-78-92(97)109-88(82-103-90(95)76-71-66-61-55-52-49-46-44-41-39-37-34-31-28-25-22-19-16-13-10-7-2)84-107-111(99,100)105-80-87(94)81-106-112(101,102)108-85-89(83-104-91(96)77-72-67-62-59-58-60-65-70-75-86(4)5)110-93(98)79-73-68-63-56-53-50-47-43-35-32-29-26-23-20-17-14-11-8-3/h86-89,94H,6-85H2,1-5H3,(H,99,100)(H,101,102)/t87-,88-,89-/m1/s1. The number of rotatable bonds is 93. The number of hydrogen-bond acceptors (Lipinski definition) is 15. The van der Waals surface area contributed by atoms with Gasteiger partial charge in [0.25, 0.3) is 0 Å². The molecule has 0 amide bonds. The Hall–Kier alpha value is -1.94. The highest BCUT2D eigenvalue weighted by Crippen LogP contribution is 2.45. The van der Waals surface area contributed by atoms with Crippen molar-refractivity contribution in [2.45, 2.75) is 528 Å². The van der Waals surface area contributed by atoms with Crippen LogP contribution >= 0.6 is 15.6 Å². The van der Waals surface area contributed by atoms with E-state index in [0.29, 0.717) is 25.7 Å². The summed E-state index contributed by atoms with van der Waals surface area (Å²) in [5.41, 5.74) is 0. The topological polar surface area (TPSA) is 237 Å². The smallest absolute Gasteiger partial charge is 0.462 e. The molecular weight excluding hydrogens is 1450 g/mol. The van der Waals surface area contributed by atoms with Crippen LogP contribution in [0, 0.1) is 5.92 Å². The fraction of sp³-hybridized carbons (Fsp3) is 0.957. The summed E-state index contributed by atoms with van der Waals surface area (Å²) in [5, 5.41) is 10.7. The van der Waals surface area contributed by atoms with E-state index in [2.05, 4.69) is 34.6 Å². The minimum atomic E-state index is -4.97. The van der Waals surface area contributed by atoms with Gasteiger partial charge in [-0.3, -0.25) is 37.3 Å². The van der Waals surface area contributed by atoms with Crippen molar-refractivity contribution in [3.63, 3.8) is 0 Å². The molecule has 2 unspecified atom stereocenters. The summed E-state index contributed by atoms with van der Waals surface area (Å²) in [7, 11) is -9.94. The highest BCUT2D eigenvalue weighted by molar-refractivity contribution is 7.47. The maximum absolute atomic E-state index is 13.2. The van der Waals surface area contributed by atoms with E-state index in [9.17, 15) is 43.2 Å². The number of aliphatic hydroxyl groups excluding tert-OH is 1. The Morgan fingerprint density at radius 2 is 0.411 bits per heavy atom. The number of unbranched alkanes of at least 4 members (excludes halogenated alkanes) is 65. The fourth-order valence-electron chi connectivity index (χ4n) is 14.7. The maximum atomic E-state index is 13.2. The van der Waals surface area contributed by atoms with Gasteiger partial charge < -0.3 is 33.8 Å². The summed E-state index contributed by atoms with van der Waals surface area (Å²) in [4.78, 5) is 73.5. The molecule has 0 spiro atoms. The van der Waals surface area contributed by atoms with Crippen molar-refractivity contribution in [1.82, 2.24) is 0 Å². The van der Waals surface area contributed by atoms with Crippen LogP contribution in [0.15, 0.2) is 0 Å². The first-order valence-electron chi connectivity index (χ1n) is 48.1. The van der Waals surface area contributed by atoms with Crippen molar-refractivity contribution < 1.29 is 80.2 Å².